The van der Waals surface area contributed by atoms with E-state index in [-0.39, 0.29) is 24.9 Å². The molecule has 0 bridgehead atoms. The van der Waals surface area contributed by atoms with Crippen molar-refractivity contribution >= 4 is 18.0 Å². The molecule has 0 saturated carbocycles. The lowest BCUT2D eigenvalue weighted by Gasteiger charge is -2.24. The van der Waals surface area contributed by atoms with Gasteiger partial charge < -0.3 is 20.1 Å². The van der Waals surface area contributed by atoms with Gasteiger partial charge in [-0.25, -0.2) is 9.59 Å². The molecule has 1 aliphatic carbocycles. The molecule has 0 aromatic heterocycles. The van der Waals surface area contributed by atoms with Crippen LogP contribution in [0.4, 0.5) is 4.79 Å². The second-order valence-electron chi connectivity index (χ2n) is 8.36. The molecule has 1 fully saturated rings. The van der Waals surface area contributed by atoms with Crippen LogP contribution in [0.15, 0.2) is 48.5 Å². The Labute approximate surface area is 187 Å². The number of hydrogen-bond acceptors (Lipinski definition) is 4. The average molecular weight is 437 g/mol. The highest BCUT2D eigenvalue weighted by Crippen LogP contribution is 2.44. The monoisotopic (exact) mass is 436 g/mol. The summed E-state index contributed by atoms with van der Waals surface area (Å²) in [6, 6.07) is 15.1. The van der Waals surface area contributed by atoms with Crippen LogP contribution in [0.3, 0.4) is 0 Å². The molecular formula is C25H28N2O5. The first-order valence-corrected chi connectivity index (χ1v) is 11.1. The molecular weight excluding hydrogens is 408 g/mol. The number of nitrogens with zero attached hydrogens (tertiary/aromatic N) is 1. The average Bonchev–Trinajstić information content (AvgIpc) is 3.41. The maximum absolute atomic E-state index is 12.6. The van der Waals surface area contributed by atoms with Crippen molar-refractivity contribution in [3.05, 3.63) is 59.7 Å². The second kappa shape index (κ2) is 9.42. The van der Waals surface area contributed by atoms with E-state index in [0.717, 1.165) is 22.3 Å². The van der Waals surface area contributed by atoms with Crippen LogP contribution in [0.2, 0.25) is 0 Å². The summed E-state index contributed by atoms with van der Waals surface area (Å²) in [5.41, 5.74) is 4.59. The highest BCUT2D eigenvalue weighted by Gasteiger charge is 2.35. The Hall–Kier alpha value is -3.35. The van der Waals surface area contributed by atoms with E-state index in [1.54, 1.807) is 0 Å². The Morgan fingerprint density at radius 3 is 2.31 bits per heavy atom. The van der Waals surface area contributed by atoms with E-state index in [4.69, 9.17) is 4.74 Å². The first-order chi connectivity index (χ1) is 15.5. The fraction of sp³-hybridized carbons (Fsp3) is 0.400. The van der Waals surface area contributed by atoms with E-state index >= 15 is 0 Å². The zero-order valence-electron chi connectivity index (χ0n) is 18.1. The highest BCUT2D eigenvalue weighted by atomic mass is 16.5. The minimum absolute atomic E-state index is 0.0317. The quantitative estimate of drug-likeness (QED) is 0.689. The van der Waals surface area contributed by atoms with E-state index in [1.165, 1.54) is 4.90 Å². The third-order valence-corrected chi connectivity index (χ3v) is 6.44. The number of aliphatic carboxylic acids is 1. The number of rotatable bonds is 7. The van der Waals surface area contributed by atoms with Gasteiger partial charge in [-0.15, -0.1) is 0 Å². The molecule has 2 N–H and O–H groups in total. The molecule has 168 valence electrons. The van der Waals surface area contributed by atoms with Crippen LogP contribution in [-0.4, -0.2) is 53.2 Å². The summed E-state index contributed by atoms with van der Waals surface area (Å²) in [5.74, 6) is -1.26. The van der Waals surface area contributed by atoms with Gasteiger partial charge in [0.2, 0.25) is 5.91 Å². The Morgan fingerprint density at radius 1 is 1.09 bits per heavy atom. The first kappa shape index (κ1) is 21.9. The lowest BCUT2D eigenvalue weighted by molar-refractivity contribution is -0.148. The van der Waals surface area contributed by atoms with E-state index in [1.807, 2.05) is 31.2 Å². The molecule has 1 saturated heterocycles. The lowest BCUT2D eigenvalue weighted by Crippen LogP contribution is -2.44. The van der Waals surface area contributed by atoms with Gasteiger partial charge in [0.05, 0.1) is 0 Å². The van der Waals surface area contributed by atoms with Gasteiger partial charge in [0, 0.05) is 24.9 Å². The number of carboxylic acid groups (broad SMARTS) is 1. The Balaban J connectivity index is 1.35. The van der Waals surface area contributed by atoms with Gasteiger partial charge in [-0.2, -0.15) is 0 Å². The number of fused-ring (bicyclic) bond motifs is 3. The molecule has 32 heavy (non-hydrogen) atoms. The molecule has 0 radical (unpaired) electrons. The fourth-order valence-electron chi connectivity index (χ4n) is 4.75. The molecule has 7 nitrogen and oxygen atoms in total. The van der Waals surface area contributed by atoms with E-state index < -0.39 is 24.1 Å². The number of benzene rings is 2. The molecule has 2 atom stereocenters. The molecule has 1 aliphatic heterocycles. The number of carbonyl (C=O) groups is 3. The van der Waals surface area contributed by atoms with Gasteiger partial charge in [0.1, 0.15) is 12.6 Å². The molecule has 0 spiro atoms. The fourth-order valence-corrected chi connectivity index (χ4v) is 4.75. The number of likely N-dealkylation sites (tertiary alicyclic amines) is 1. The van der Waals surface area contributed by atoms with Crippen LogP contribution in [0.25, 0.3) is 11.1 Å². The number of carbonyl (C=O) groups excluding carboxylic acids is 2. The van der Waals surface area contributed by atoms with Crippen molar-refractivity contribution in [1.29, 1.82) is 0 Å². The largest absolute Gasteiger partial charge is 0.480 e. The maximum Gasteiger partial charge on any atom is 0.407 e. The highest BCUT2D eigenvalue weighted by molar-refractivity contribution is 5.85. The van der Waals surface area contributed by atoms with Crippen LogP contribution < -0.4 is 5.32 Å². The van der Waals surface area contributed by atoms with Gasteiger partial charge in [-0.1, -0.05) is 55.5 Å². The SMILES string of the molecule is CCC(CC(=O)N1CCC[C@@H]1C(=O)O)NC(=O)OCC1c2ccccc2-c2ccccc21. The molecule has 1 unspecified atom stereocenters. The Bertz CT molecular complexity index is 975. The zero-order valence-corrected chi connectivity index (χ0v) is 18.1. The summed E-state index contributed by atoms with van der Waals surface area (Å²) < 4.78 is 5.57. The minimum atomic E-state index is -0.978. The third kappa shape index (κ3) is 4.33. The van der Waals surface area contributed by atoms with Crippen molar-refractivity contribution in [2.24, 2.45) is 0 Å². The molecule has 2 aliphatic rings. The van der Waals surface area contributed by atoms with E-state index in [2.05, 4.69) is 29.6 Å². The predicted octanol–water partition coefficient (Wildman–Crippen LogP) is 3.77. The third-order valence-electron chi connectivity index (χ3n) is 6.44. The first-order valence-electron chi connectivity index (χ1n) is 11.1. The van der Waals surface area contributed by atoms with Crippen LogP contribution in [0.1, 0.15) is 49.7 Å². The predicted molar refractivity (Wildman–Crippen MR) is 119 cm³/mol. The summed E-state index contributed by atoms with van der Waals surface area (Å²) in [7, 11) is 0. The van der Waals surface area contributed by atoms with Gasteiger partial charge in [0.25, 0.3) is 0 Å². The molecule has 2 aromatic carbocycles. The van der Waals surface area contributed by atoms with Crippen molar-refractivity contribution in [2.75, 3.05) is 13.2 Å². The Kier molecular flexibility index (Phi) is 6.44. The summed E-state index contributed by atoms with van der Waals surface area (Å²) >= 11 is 0. The number of carboxylic acids is 1. The van der Waals surface area contributed by atoms with E-state index in [0.29, 0.717) is 25.8 Å². The van der Waals surface area contributed by atoms with Gasteiger partial charge >= 0.3 is 12.1 Å². The molecule has 1 heterocycles. The lowest BCUT2D eigenvalue weighted by atomic mass is 9.98. The van der Waals surface area contributed by atoms with Crippen molar-refractivity contribution < 1.29 is 24.2 Å². The number of hydrogen-bond donors (Lipinski definition) is 2. The summed E-state index contributed by atoms with van der Waals surface area (Å²) in [6.07, 6.45) is 1.19. The van der Waals surface area contributed by atoms with Crippen LogP contribution in [0.5, 0.6) is 0 Å². The number of nitrogens with one attached hydrogen (secondary N) is 1. The smallest absolute Gasteiger partial charge is 0.407 e. The topological polar surface area (TPSA) is 95.9 Å². The molecule has 2 amide bonds. The number of ether oxygens (including phenoxy) is 1. The Morgan fingerprint density at radius 2 is 1.72 bits per heavy atom. The zero-order chi connectivity index (χ0) is 22.7. The number of amides is 2. The van der Waals surface area contributed by atoms with Gasteiger partial charge in [-0.05, 0) is 41.5 Å². The van der Waals surface area contributed by atoms with Crippen molar-refractivity contribution in [2.45, 2.75) is 50.6 Å². The molecule has 2 aromatic rings. The van der Waals surface area contributed by atoms with E-state index in [9.17, 15) is 19.5 Å². The van der Waals surface area contributed by atoms with Crippen molar-refractivity contribution in [3.8, 4) is 11.1 Å². The van der Waals surface area contributed by atoms with Crippen LogP contribution >= 0.6 is 0 Å². The van der Waals surface area contributed by atoms with Crippen molar-refractivity contribution in [3.63, 3.8) is 0 Å². The maximum atomic E-state index is 12.6. The van der Waals surface area contributed by atoms with Crippen LogP contribution in [-0.2, 0) is 14.3 Å². The van der Waals surface area contributed by atoms with Gasteiger partial charge in [-0.3, -0.25) is 4.79 Å². The van der Waals surface area contributed by atoms with Crippen LogP contribution in [0, 0.1) is 0 Å². The van der Waals surface area contributed by atoms with Gasteiger partial charge in [0.15, 0.2) is 0 Å². The molecule has 4 rings (SSSR count). The normalized spacial score (nSPS) is 18.0. The summed E-state index contributed by atoms with van der Waals surface area (Å²) in [5, 5.41) is 12.1. The molecule has 7 heteroatoms. The summed E-state index contributed by atoms with van der Waals surface area (Å²) in [4.78, 5) is 37.9. The minimum Gasteiger partial charge on any atom is -0.480 e. The number of alkyl carbamates (subject to hydrolysis) is 1. The second-order valence-corrected chi connectivity index (χ2v) is 8.36. The summed E-state index contributed by atoms with van der Waals surface area (Å²) in [6.45, 7) is 2.52. The standard InChI is InChI=1S/C25H28N2O5/c1-2-16(14-23(28)27-13-7-12-22(27)24(29)30)26-25(31)32-15-21-19-10-5-3-8-17(19)18-9-4-6-11-20(18)21/h3-6,8-11,16,21-22H,2,7,12-15H2,1H3,(H,26,31)(H,29,30)/t16?,22-/m1/s1. The van der Waals surface area contributed by atoms with Crippen molar-refractivity contribution in [1.82, 2.24) is 10.2 Å².